The van der Waals surface area contributed by atoms with E-state index < -0.39 is 0 Å². The van der Waals surface area contributed by atoms with E-state index in [0.29, 0.717) is 6.61 Å². The lowest BCUT2D eigenvalue weighted by Gasteiger charge is -2.19. The summed E-state index contributed by atoms with van der Waals surface area (Å²) in [5.74, 6) is 0. The van der Waals surface area contributed by atoms with Crippen LogP contribution in [0.2, 0.25) is 5.02 Å². The van der Waals surface area contributed by atoms with Crippen molar-refractivity contribution >= 4 is 11.6 Å². The van der Waals surface area contributed by atoms with Crippen molar-refractivity contribution in [1.82, 2.24) is 0 Å². The largest absolute Gasteiger partial charge is 0.380 e. The first kappa shape index (κ1) is 15.1. The Labute approximate surface area is 126 Å². The van der Waals surface area contributed by atoms with Gasteiger partial charge in [0.05, 0.1) is 6.61 Å². The molecule has 0 saturated carbocycles. The number of ether oxygens (including phenoxy) is 1. The predicted octanol–water partition coefficient (Wildman–Crippen LogP) is 5.45. The van der Waals surface area contributed by atoms with Gasteiger partial charge in [-0.2, -0.15) is 0 Å². The fourth-order valence-electron chi connectivity index (χ4n) is 2.27. The summed E-state index contributed by atoms with van der Waals surface area (Å²) < 4.78 is 5.26. The first-order valence-electron chi connectivity index (χ1n) is 6.80. The van der Waals surface area contributed by atoms with Crippen LogP contribution in [0.1, 0.15) is 31.9 Å². The van der Waals surface area contributed by atoms with Gasteiger partial charge in [-0.3, -0.25) is 0 Å². The van der Waals surface area contributed by atoms with Crippen LogP contribution in [0, 0.1) is 0 Å². The molecular formula is C18H21ClO. The summed E-state index contributed by atoms with van der Waals surface area (Å²) in [7, 11) is 1.70. The van der Waals surface area contributed by atoms with Crippen LogP contribution in [0.3, 0.4) is 0 Å². The average Bonchev–Trinajstić information content (AvgIpc) is 2.38. The number of hydrogen-bond acceptors (Lipinski definition) is 1. The molecule has 0 aliphatic heterocycles. The van der Waals surface area contributed by atoms with Gasteiger partial charge in [-0.15, -0.1) is 0 Å². The van der Waals surface area contributed by atoms with Crippen LogP contribution in [0.15, 0.2) is 42.5 Å². The fraction of sp³-hybridized carbons (Fsp3) is 0.333. The van der Waals surface area contributed by atoms with E-state index in [1.807, 2.05) is 12.1 Å². The highest BCUT2D eigenvalue weighted by Crippen LogP contribution is 2.29. The average molecular weight is 289 g/mol. The Morgan fingerprint density at radius 3 is 2.20 bits per heavy atom. The molecule has 0 aliphatic carbocycles. The van der Waals surface area contributed by atoms with Gasteiger partial charge in [0.2, 0.25) is 0 Å². The Kier molecular flexibility index (Phi) is 4.52. The second-order valence-electron chi connectivity index (χ2n) is 6.06. The molecule has 2 aromatic carbocycles. The van der Waals surface area contributed by atoms with Crippen molar-refractivity contribution in [2.45, 2.75) is 32.8 Å². The van der Waals surface area contributed by atoms with Crippen LogP contribution < -0.4 is 0 Å². The van der Waals surface area contributed by atoms with E-state index in [4.69, 9.17) is 16.3 Å². The molecule has 0 atom stereocenters. The predicted molar refractivity (Wildman–Crippen MR) is 86.3 cm³/mol. The maximum atomic E-state index is 6.07. The van der Waals surface area contributed by atoms with Crippen LogP contribution in [-0.4, -0.2) is 7.11 Å². The van der Waals surface area contributed by atoms with Crippen LogP contribution >= 0.6 is 11.6 Å². The monoisotopic (exact) mass is 288 g/mol. The van der Waals surface area contributed by atoms with Gasteiger partial charge in [-0.05, 0) is 39.8 Å². The van der Waals surface area contributed by atoms with Crippen molar-refractivity contribution < 1.29 is 4.74 Å². The van der Waals surface area contributed by atoms with Gasteiger partial charge < -0.3 is 4.74 Å². The number of hydrogen-bond donors (Lipinski definition) is 0. The lowest BCUT2D eigenvalue weighted by atomic mass is 9.86. The molecule has 0 N–H and O–H groups in total. The van der Waals surface area contributed by atoms with Gasteiger partial charge in [0.25, 0.3) is 0 Å². The van der Waals surface area contributed by atoms with Crippen LogP contribution in [0.25, 0.3) is 11.1 Å². The maximum absolute atomic E-state index is 6.07. The number of halogens is 1. The van der Waals surface area contributed by atoms with Gasteiger partial charge in [0.1, 0.15) is 0 Å². The highest BCUT2D eigenvalue weighted by Gasteiger charge is 2.13. The lowest BCUT2D eigenvalue weighted by molar-refractivity contribution is 0.185. The molecule has 0 aliphatic rings. The number of methoxy groups -OCH3 is 1. The Bertz CT molecular complexity index is 579. The Balaban J connectivity index is 2.41. The van der Waals surface area contributed by atoms with Gasteiger partial charge >= 0.3 is 0 Å². The molecule has 0 fully saturated rings. The Morgan fingerprint density at radius 1 is 1.00 bits per heavy atom. The van der Waals surface area contributed by atoms with E-state index in [0.717, 1.165) is 10.6 Å². The molecule has 0 heterocycles. The molecule has 1 nitrogen and oxygen atoms in total. The van der Waals surface area contributed by atoms with Crippen LogP contribution in [-0.2, 0) is 16.8 Å². The summed E-state index contributed by atoms with van der Waals surface area (Å²) in [5.41, 5.74) is 5.00. The van der Waals surface area contributed by atoms with E-state index >= 15 is 0 Å². The summed E-state index contributed by atoms with van der Waals surface area (Å²) in [5, 5.41) is 0.743. The van der Waals surface area contributed by atoms with Crippen molar-refractivity contribution in [1.29, 1.82) is 0 Å². The summed E-state index contributed by atoms with van der Waals surface area (Å²) in [6, 6.07) is 14.7. The molecule has 0 saturated heterocycles. The standard InChI is InChI=1S/C18H21ClO/c1-18(2,3)15-7-5-13(6-8-15)17-10-9-16(19)11-14(17)12-20-4/h5-11H,12H2,1-4H3. The van der Waals surface area contributed by atoms with E-state index in [9.17, 15) is 0 Å². The zero-order chi connectivity index (χ0) is 14.8. The molecule has 2 rings (SSSR count). The topological polar surface area (TPSA) is 9.23 Å². The van der Waals surface area contributed by atoms with Crippen molar-refractivity contribution in [2.24, 2.45) is 0 Å². The molecule has 2 aromatic rings. The molecular weight excluding hydrogens is 268 g/mol. The summed E-state index contributed by atoms with van der Waals surface area (Å²) >= 11 is 6.07. The van der Waals surface area contributed by atoms with Crippen molar-refractivity contribution in [3.8, 4) is 11.1 Å². The SMILES string of the molecule is COCc1cc(Cl)ccc1-c1ccc(C(C)(C)C)cc1. The minimum Gasteiger partial charge on any atom is -0.380 e. The molecule has 106 valence electrons. The molecule has 0 spiro atoms. The number of rotatable bonds is 3. The fourth-order valence-corrected chi connectivity index (χ4v) is 2.46. The third-order valence-electron chi connectivity index (χ3n) is 3.43. The van der Waals surface area contributed by atoms with E-state index in [1.54, 1.807) is 7.11 Å². The molecule has 0 unspecified atom stereocenters. The summed E-state index contributed by atoms with van der Waals surface area (Å²) in [6.45, 7) is 7.23. The second kappa shape index (κ2) is 5.99. The zero-order valence-electron chi connectivity index (χ0n) is 12.5. The quantitative estimate of drug-likeness (QED) is 0.729. The minimum absolute atomic E-state index is 0.174. The van der Waals surface area contributed by atoms with Crippen molar-refractivity contribution in [3.63, 3.8) is 0 Å². The molecule has 0 radical (unpaired) electrons. The van der Waals surface area contributed by atoms with E-state index in [2.05, 4.69) is 51.1 Å². The van der Waals surface area contributed by atoms with Crippen molar-refractivity contribution in [2.75, 3.05) is 7.11 Å². The van der Waals surface area contributed by atoms with Crippen LogP contribution in [0.5, 0.6) is 0 Å². The molecule has 2 heteroatoms. The first-order valence-corrected chi connectivity index (χ1v) is 7.18. The lowest BCUT2D eigenvalue weighted by Crippen LogP contribution is -2.10. The molecule has 0 aromatic heterocycles. The first-order chi connectivity index (χ1) is 9.41. The third-order valence-corrected chi connectivity index (χ3v) is 3.66. The van der Waals surface area contributed by atoms with E-state index in [-0.39, 0.29) is 5.41 Å². The molecule has 0 amide bonds. The normalized spacial score (nSPS) is 11.7. The highest BCUT2D eigenvalue weighted by molar-refractivity contribution is 6.30. The molecule has 20 heavy (non-hydrogen) atoms. The maximum Gasteiger partial charge on any atom is 0.0719 e. The zero-order valence-corrected chi connectivity index (χ0v) is 13.3. The summed E-state index contributed by atoms with van der Waals surface area (Å²) in [6.07, 6.45) is 0. The Hall–Kier alpha value is -1.31. The smallest absolute Gasteiger partial charge is 0.0719 e. The van der Waals surface area contributed by atoms with Crippen LogP contribution in [0.4, 0.5) is 0 Å². The second-order valence-corrected chi connectivity index (χ2v) is 6.50. The Morgan fingerprint density at radius 2 is 1.65 bits per heavy atom. The van der Waals surface area contributed by atoms with Gasteiger partial charge in [0.15, 0.2) is 0 Å². The van der Waals surface area contributed by atoms with Gasteiger partial charge in [-0.1, -0.05) is 62.7 Å². The third kappa shape index (κ3) is 3.41. The van der Waals surface area contributed by atoms with E-state index in [1.165, 1.54) is 16.7 Å². The van der Waals surface area contributed by atoms with Crippen molar-refractivity contribution in [3.05, 3.63) is 58.6 Å². The van der Waals surface area contributed by atoms with Gasteiger partial charge in [0, 0.05) is 12.1 Å². The highest BCUT2D eigenvalue weighted by atomic mass is 35.5. The number of benzene rings is 2. The summed E-state index contributed by atoms with van der Waals surface area (Å²) in [4.78, 5) is 0. The molecule has 0 bridgehead atoms. The minimum atomic E-state index is 0.174. The van der Waals surface area contributed by atoms with Gasteiger partial charge in [-0.25, -0.2) is 0 Å².